The molecule has 0 spiro atoms. The number of benzene rings is 1. The lowest BCUT2D eigenvalue weighted by Crippen LogP contribution is -2.19. The van der Waals surface area contributed by atoms with Gasteiger partial charge in [-0.15, -0.1) is 0 Å². The second-order valence-corrected chi connectivity index (χ2v) is 4.52. The molecule has 1 aromatic carbocycles. The average molecular weight is 256 g/mol. The molecule has 1 N–H and O–H groups in total. The van der Waals surface area contributed by atoms with Crippen LogP contribution in [-0.4, -0.2) is 19.2 Å². The van der Waals surface area contributed by atoms with Crippen molar-refractivity contribution in [2.24, 2.45) is 0 Å². The minimum Gasteiger partial charge on any atom is -0.488 e. The molecule has 1 aromatic rings. The van der Waals surface area contributed by atoms with Gasteiger partial charge in [0.2, 0.25) is 0 Å². The van der Waals surface area contributed by atoms with Crippen molar-refractivity contribution >= 4 is 15.9 Å². The lowest BCUT2D eigenvalue weighted by atomic mass is 10.2. The second-order valence-electron chi connectivity index (χ2n) is 3.67. The van der Waals surface area contributed by atoms with E-state index in [2.05, 4.69) is 40.3 Å². The van der Waals surface area contributed by atoms with Crippen LogP contribution in [0.1, 0.15) is 12.0 Å². The summed E-state index contributed by atoms with van der Waals surface area (Å²) in [4.78, 5) is 0. The van der Waals surface area contributed by atoms with E-state index < -0.39 is 0 Å². The Morgan fingerprint density at radius 2 is 2.36 bits per heavy atom. The standard InChI is InChI=1S/C11H14BrNO/c1-8-2-3-11(10(12)6-8)14-9-4-5-13-7-9/h2-3,6,9,13H,4-5,7H2,1H3. The van der Waals surface area contributed by atoms with Crippen LogP contribution in [0.25, 0.3) is 0 Å². The second kappa shape index (κ2) is 4.32. The van der Waals surface area contributed by atoms with Crippen LogP contribution in [-0.2, 0) is 0 Å². The van der Waals surface area contributed by atoms with Gasteiger partial charge in [-0.1, -0.05) is 6.07 Å². The molecule has 0 aromatic heterocycles. The van der Waals surface area contributed by atoms with Crippen LogP contribution in [0.2, 0.25) is 0 Å². The highest BCUT2D eigenvalue weighted by Crippen LogP contribution is 2.27. The summed E-state index contributed by atoms with van der Waals surface area (Å²) in [7, 11) is 0. The van der Waals surface area contributed by atoms with E-state index in [0.717, 1.165) is 29.7 Å². The average Bonchev–Trinajstić information content (AvgIpc) is 2.62. The van der Waals surface area contributed by atoms with Crippen LogP contribution >= 0.6 is 15.9 Å². The van der Waals surface area contributed by atoms with E-state index in [1.54, 1.807) is 0 Å². The summed E-state index contributed by atoms with van der Waals surface area (Å²) in [6.45, 7) is 4.10. The third-order valence-electron chi connectivity index (χ3n) is 2.40. The van der Waals surface area contributed by atoms with Gasteiger partial charge in [-0.3, -0.25) is 0 Å². The molecule has 0 bridgehead atoms. The smallest absolute Gasteiger partial charge is 0.133 e. The first-order valence-electron chi connectivity index (χ1n) is 4.89. The quantitative estimate of drug-likeness (QED) is 0.877. The van der Waals surface area contributed by atoms with Crippen molar-refractivity contribution in [2.75, 3.05) is 13.1 Å². The molecule has 1 atom stereocenters. The number of rotatable bonds is 2. The van der Waals surface area contributed by atoms with Crippen LogP contribution in [0, 0.1) is 6.92 Å². The number of hydrogen-bond acceptors (Lipinski definition) is 2. The van der Waals surface area contributed by atoms with E-state index >= 15 is 0 Å². The van der Waals surface area contributed by atoms with Crippen molar-refractivity contribution in [3.8, 4) is 5.75 Å². The predicted octanol–water partition coefficient (Wildman–Crippen LogP) is 2.50. The van der Waals surface area contributed by atoms with Gasteiger partial charge in [-0.05, 0) is 53.5 Å². The van der Waals surface area contributed by atoms with Gasteiger partial charge in [0.05, 0.1) is 4.47 Å². The molecule has 1 heterocycles. The zero-order chi connectivity index (χ0) is 9.97. The Balaban J connectivity index is 2.08. The maximum Gasteiger partial charge on any atom is 0.133 e. The van der Waals surface area contributed by atoms with Gasteiger partial charge in [-0.2, -0.15) is 0 Å². The Morgan fingerprint density at radius 1 is 1.50 bits per heavy atom. The van der Waals surface area contributed by atoms with Crippen molar-refractivity contribution in [1.82, 2.24) is 5.32 Å². The molecule has 1 aliphatic rings. The molecular weight excluding hydrogens is 242 g/mol. The number of nitrogens with one attached hydrogen (secondary N) is 1. The minimum atomic E-state index is 0.328. The summed E-state index contributed by atoms with van der Waals surface area (Å²) < 4.78 is 6.90. The number of halogens is 1. The largest absolute Gasteiger partial charge is 0.488 e. The molecule has 2 rings (SSSR count). The van der Waals surface area contributed by atoms with Crippen LogP contribution in [0.15, 0.2) is 22.7 Å². The summed E-state index contributed by atoms with van der Waals surface area (Å²) in [5.41, 5.74) is 1.24. The normalized spacial score (nSPS) is 21.1. The molecule has 14 heavy (non-hydrogen) atoms. The Kier molecular flexibility index (Phi) is 3.08. The number of ether oxygens (including phenoxy) is 1. The monoisotopic (exact) mass is 255 g/mol. The van der Waals surface area contributed by atoms with Crippen molar-refractivity contribution in [3.05, 3.63) is 28.2 Å². The third-order valence-corrected chi connectivity index (χ3v) is 3.02. The Hall–Kier alpha value is -0.540. The van der Waals surface area contributed by atoms with E-state index in [0.29, 0.717) is 6.10 Å². The molecule has 2 nitrogen and oxygen atoms in total. The maximum absolute atomic E-state index is 5.85. The zero-order valence-corrected chi connectivity index (χ0v) is 9.80. The van der Waals surface area contributed by atoms with Crippen LogP contribution < -0.4 is 10.1 Å². The summed E-state index contributed by atoms with van der Waals surface area (Å²) in [5, 5.41) is 3.28. The summed E-state index contributed by atoms with van der Waals surface area (Å²) >= 11 is 3.51. The van der Waals surface area contributed by atoms with Crippen molar-refractivity contribution < 1.29 is 4.74 Å². The topological polar surface area (TPSA) is 21.3 Å². The van der Waals surface area contributed by atoms with Crippen LogP contribution in [0.4, 0.5) is 0 Å². The van der Waals surface area contributed by atoms with Crippen molar-refractivity contribution in [3.63, 3.8) is 0 Å². The fourth-order valence-corrected chi connectivity index (χ4v) is 2.20. The highest BCUT2D eigenvalue weighted by atomic mass is 79.9. The predicted molar refractivity (Wildman–Crippen MR) is 60.8 cm³/mol. The molecule has 0 saturated carbocycles. The highest BCUT2D eigenvalue weighted by Gasteiger charge is 2.16. The lowest BCUT2D eigenvalue weighted by molar-refractivity contribution is 0.221. The molecule has 0 radical (unpaired) electrons. The van der Waals surface area contributed by atoms with E-state index in [9.17, 15) is 0 Å². The molecule has 0 aliphatic carbocycles. The Morgan fingerprint density at radius 3 is 3.00 bits per heavy atom. The van der Waals surface area contributed by atoms with Crippen molar-refractivity contribution in [1.29, 1.82) is 0 Å². The summed E-state index contributed by atoms with van der Waals surface area (Å²) in [6.07, 6.45) is 1.43. The van der Waals surface area contributed by atoms with Crippen LogP contribution in [0.3, 0.4) is 0 Å². The molecule has 1 unspecified atom stereocenters. The van der Waals surface area contributed by atoms with Gasteiger partial charge in [0.1, 0.15) is 11.9 Å². The van der Waals surface area contributed by atoms with Gasteiger partial charge < -0.3 is 10.1 Å². The lowest BCUT2D eigenvalue weighted by Gasteiger charge is -2.13. The van der Waals surface area contributed by atoms with Gasteiger partial charge in [0.15, 0.2) is 0 Å². The first kappa shape index (κ1) is 9.99. The van der Waals surface area contributed by atoms with E-state index in [4.69, 9.17) is 4.74 Å². The summed E-state index contributed by atoms with van der Waals surface area (Å²) in [5.74, 6) is 0.948. The molecule has 3 heteroatoms. The first-order chi connectivity index (χ1) is 6.75. The summed E-state index contributed by atoms with van der Waals surface area (Å²) in [6, 6.07) is 6.18. The zero-order valence-electron chi connectivity index (χ0n) is 8.22. The first-order valence-corrected chi connectivity index (χ1v) is 5.68. The van der Waals surface area contributed by atoms with E-state index in [1.807, 2.05) is 6.07 Å². The number of aryl methyl sites for hydroxylation is 1. The van der Waals surface area contributed by atoms with Crippen LogP contribution in [0.5, 0.6) is 5.75 Å². The Bertz CT molecular complexity index is 321. The van der Waals surface area contributed by atoms with Gasteiger partial charge in [-0.25, -0.2) is 0 Å². The highest BCUT2D eigenvalue weighted by molar-refractivity contribution is 9.10. The van der Waals surface area contributed by atoms with Crippen molar-refractivity contribution in [2.45, 2.75) is 19.4 Å². The maximum atomic E-state index is 5.85. The third kappa shape index (κ3) is 2.28. The van der Waals surface area contributed by atoms with Gasteiger partial charge in [0.25, 0.3) is 0 Å². The van der Waals surface area contributed by atoms with Gasteiger partial charge >= 0.3 is 0 Å². The fourth-order valence-electron chi connectivity index (χ4n) is 1.61. The molecule has 1 fully saturated rings. The molecule has 76 valence electrons. The molecule has 1 saturated heterocycles. The molecular formula is C11H14BrNO. The van der Waals surface area contributed by atoms with Gasteiger partial charge in [0, 0.05) is 6.54 Å². The fraction of sp³-hybridized carbons (Fsp3) is 0.455. The number of hydrogen-bond donors (Lipinski definition) is 1. The van der Waals surface area contributed by atoms with E-state index in [1.165, 1.54) is 5.56 Å². The SMILES string of the molecule is Cc1ccc(OC2CCNC2)c(Br)c1. The van der Waals surface area contributed by atoms with E-state index in [-0.39, 0.29) is 0 Å². The molecule has 1 aliphatic heterocycles. The molecule has 0 amide bonds. The minimum absolute atomic E-state index is 0.328. The Labute approximate surface area is 92.8 Å².